The highest BCUT2D eigenvalue weighted by atomic mass is 19.1. The minimum atomic E-state index is -0.706. The Morgan fingerprint density at radius 3 is 2.67 bits per heavy atom. The number of nitrogens with zero attached hydrogens (tertiary/aromatic N) is 1. The molecule has 0 radical (unpaired) electrons. The van der Waals surface area contributed by atoms with Crippen molar-refractivity contribution in [3.63, 3.8) is 0 Å². The van der Waals surface area contributed by atoms with Gasteiger partial charge in [0, 0.05) is 13.6 Å². The molecule has 0 bridgehead atoms. The lowest BCUT2D eigenvalue weighted by atomic mass is 10.1. The number of hydrogen-bond donors (Lipinski definition) is 2. The molecule has 0 heterocycles. The first-order valence-corrected chi connectivity index (χ1v) is 5.92. The summed E-state index contributed by atoms with van der Waals surface area (Å²) >= 11 is 0. The summed E-state index contributed by atoms with van der Waals surface area (Å²) in [6, 6.07) is 4.55. The molecule has 18 heavy (non-hydrogen) atoms. The second-order valence-corrected chi connectivity index (χ2v) is 4.07. The van der Waals surface area contributed by atoms with E-state index >= 15 is 0 Å². The maximum Gasteiger partial charge on any atom is 0.239 e. The molecule has 1 aromatic rings. The molecule has 5 heteroatoms. The Morgan fingerprint density at radius 2 is 2.22 bits per heavy atom. The number of aliphatic hydroxyl groups excluding tert-OH is 1. The topological polar surface area (TPSA) is 52.6 Å². The summed E-state index contributed by atoms with van der Waals surface area (Å²) in [7, 11) is 1.54. The van der Waals surface area contributed by atoms with E-state index in [9.17, 15) is 14.3 Å². The van der Waals surface area contributed by atoms with E-state index in [1.54, 1.807) is 31.0 Å². The van der Waals surface area contributed by atoms with Gasteiger partial charge in [-0.1, -0.05) is 6.07 Å². The zero-order valence-electron chi connectivity index (χ0n) is 10.9. The van der Waals surface area contributed by atoms with Crippen LogP contribution in [0.2, 0.25) is 0 Å². The van der Waals surface area contributed by atoms with Gasteiger partial charge in [0.05, 0.1) is 18.3 Å². The van der Waals surface area contributed by atoms with Crippen molar-refractivity contribution in [2.24, 2.45) is 0 Å². The van der Waals surface area contributed by atoms with Crippen LogP contribution in [0.15, 0.2) is 18.2 Å². The van der Waals surface area contributed by atoms with Gasteiger partial charge in [0.15, 0.2) is 0 Å². The summed E-state index contributed by atoms with van der Waals surface area (Å²) in [6.45, 7) is 4.07. The minimum absolute atomic E-state index is 0.109. The number of hydrogen-bond acceptors (Lipinski definition) is 3. The normalized spacial score (nSPS) is 12.1. The van der Waals surface area contributed by atoms with Crippen LogP contribution in [0, 0.1) is 5.82 Å². The zero-order valence-corrected chi connectivity index (χ0v) is 10.9. The first-order valence-electron chi connectivity index (χ1n) is 5.92. The minimum Gasteiger partial charge on any atom is -0.389 e. The highest BCUT2D eigenvalue weighted by molar-refractivity contribution is 5.81. The van der Waals surface area contributed by atoms with Crippen LogP contribution in [-0.4, -0.2) is 31.2 Å². The van der Waals surface area contributed by atoms with Gasteiger partial charge in [-0.05, 0) is 31.5 Å². The quantitative estimate of drug-likeness (QED) is 0.836. The van der Waals surface area contributed by atoms with Crippen molar-refractivity contribution in [2.75, 3.05) is 25.0 Å². The molecule has 0 fully saturated rings. The van der Waals surface area contributed by atoms with Gasteiger partial charge in [0.1, 0.15) is 5.82 Å². The summed E-state index contributed by atoms with van der Waals surface area (Å²) in [5.74, 6) is -0.602. The van der Waals surface area contributed by atoms with Crippen LogP contribution in [0.5, 0.6) is 0 Å². The van der Waals surface area contributed by atoms with E-state index in [1.165, 1.54) is 6.07 Å². The van der Waals surface area contributed by atoms with Gasteiger partial charge < -0.3 is 15.3 Å². The molecule has 1 rings (SSSR count). The fourth-order valence-corrected chi connectivity index (χ4v) is 1.66. The molecule has 1 aromatic carbocycles. The molecule has 0 aliphatic carbocycles. The van der Waals surface area contributed by atoms with Crippen LogP contribution in [0.3, 0.4) is 0 Å². The number of amides is 1. The number of likely N-dealkylation sites (N-methyl/N-ethyl adjacent to an activating group) is 2. The van der Waals surface area contributed by atoms with Crippen molar-refractivity contribution < 1.29 is 14.3 Å². The van der Waals surface area contributed by atoms with Gasteiger partial charge in [-0.15, -0.1) is 0 Å². The highest BCUT2D eigenvalue weighted by Crippen LogP contribution is 2.23. The SMILES string of the molecule is CCN(CC(=O)NC)c1ccc([C@H](C)O)cc1F. The number of halogens is 1. The molecule has 0 aliphatic heterocycles. The molecule has 1 amide bonds. The number of carbonyl (C=O) groups is 1. The third kappa shape index (κ3) is 3.43. The lowest BCUT2D eigenvalue weighted by Gasteiger charge is -2.23. The summed E-state index contributed by atoms with van der Waals surface area (Å²) in [6.07, 6.45) is -0.706. The lowest BCUT2D eigenvalue weighted by Crippen LogP contribution is -2.36. The molecule has 0 unspecified atom stereocenters. The Kier molecular flexibility index (Phi) is 5.09. The van der Waals surface area contributed by atoms with Crippen LogP contribution in [-0.2, 0) is 4.79 Å². The van der Waals surface area contributed by atoms with Gasteiger partial charge in [0.25, 0.3) is 0 Å². The second-order valence-electron chi connectivity index (χ2n) is 4.07. The number of rotatable bonds is 5. The van der Waals surface area contributed by atoms with Crippen LogP contribution in [0.1, 0.15) is 25.5 Å². The van der Waals surface area contributed by atoms with Gasteiger partial charge in [-0.3, -0.25) is 4.79 Å². The van der Waals surface area contributed by atoms with E-state index in [4.69, 9.17) is 0 Å². The molecule has 0 spiro atoms. The molecule has 4 nitrogen and oxygen atoms in total. The fourth-order valence-electron chi connectivity index (χ4n) is 1.66. The first kappa shape index (κ1) is 14.4. The van der Waals surface area contributed by atoms with E-state index < -0.39 is 11.9 Å². The predicted octanol–water partition coefficient (Wildman–Crippen LogP) is 1.45. The maximum atomic E-state index is 13.9. The smallest absolute Gasteiger partial charge is 0.239 e. The number of nitrogens with one attached hydrogen (secondary N) is 1. The Hall–Kier alpha value is -1.62. The molecule has 0 aliphatic rings. The van der Waals surface area contributed by atoms with E-state index in [0.717, 1.165) is 0 Å². The largest absolute Gasteiger partial charge is 0.389 e. The Morgan fingerprint density at radius 1 is 1.56 bits per heavy atom. The molecule has 0 aromatic heterocycles. The van der Waals surface area contributed by atoms with Crippen molar-refractivity contribution in [3.8, 4) is 0 Å². The second kappa shape index (κ2) is 6.35. The third-order valence-corrected chi connectivity index (χ3v) is 2.79. The van der Waals surface area contributed by atoms with Crippen molar-refractivity contribution >= 4 is 11.6 Å². The number of benzene rings is 1. The zero-order chi connectivity index (χ0) is 13.7. The van der Waals surface area contributed by atoms with Crippen molar-refractivity contribution in [3.05, 3.63) is 29.6 Å². The molecule has 0 saturated carbocycles. The average molecular weight is 254 g/mol. The number of carbonyl (C=O) groups excluding carboxylic acids is 1. The molecule has 0 saturated heterocycles. The third-order valence-electron chi connectivity index (χ3n) is 2.79. The summed E-state index contributed by atoms with van der Waals surface area (Å²) in [5.41, 5.74) is 0.887. The van der Waals surface area contributed by atoms with Crippen LogP contribution in [0.25, 0.3) is 0 Å². The van der Waals surface area contributed by atoms with Gasteiger partial charge in [-0.2, -0.15) is 0 Å². The number of anilines is 1. The van der Waals surface area contributed by atoms with E-state index in [-0.39, 0.29) is 12.5 Å². The average Bonchev–Trinajstić information content (AvgIpc) is 2.35. The highest BCUT2D eigenvalue weighted by Gasteiger charge is 2.14. The maximum absolute atomic E-state index is 13.9. The molecule has 2 N–H and O–H groups in total. The molecular weight excluding hydrogens is 235 g/mol. The van der Waals surface area contributed by atoms with Crippen LogP contribution in [0.4, 0.5) is 10.1 Å². The van der Waals surface area contributed by atoms with Crippen LogP contribution >= 0.6 is 0 Å². The lowest BCUT2D eigenvalue weighted by molar-refractivity contribution is -0.119. The Balaban J connectivity index is 2.96. The Bertz CT molecular complexity index is 421. The van der Waals surface area contributed by atoms with Gasteiger partial charge in [-0.25, -0.2) is 4.39 Å². The van der Waals surface area contributed by atoms with Crippen LogP contribution < -0.4 is 10.2 Å². The van der Waals surface area contributed by atoms with E-state index in [0.29, 0.717) is 17.8 Å². The van der Waals surface area contributed by atoms with E-state index in [2.05, 4.69) is 5.32 Å². The molecule has 1 atom stereocenters. The van der Waals surface area contributed by atoms with Gasteiger partial charge in [0.2, 0.25) is 5.91 Å². The summed E-state index contributed by atoms with van der Waals surface area (Å²) in [4.78, 5) is 13.0. The number of aliphatic hydroxyl groups is 1. The van der Waals surface area contributed by atoms with Crippen molar-refractivity contribution in [2.45, 2.75) is 20.0 Å². The van der Waals surface area contributed by atoms with Crippen molar-refractivity contribution in [1.82, 2.24) is 5.32 Å². The van der Waals surface area contributed by atoms with Gasteiger partial charge >= 0.3 is 0 Å². The first-order chi connectivity index (χ1) is 8.49. The Labute approximate surface area is 106 Å². The van der Waals surface area contributed by atoms with Crippen molar-refractivity contribution in [1.29, 1.82) is 0 Å². The van der Waals surface area contributed by atoms with E-state index in [1.807, 2.05) is 6.92 Å². The monoisotopic (exact) mass is 254 g/mol. The fraction of sp³-hybridized carbons (Fsp3) is 0.462. The molecule has 100 valence electrons. The summed E-state index contributed by atoms with van der Waals surface area (Å²) < 4.78 is 13.9. The summed E-state index contributed by atoms with van der Waals surface area (Å²) in [5, 5.41) is 11.9. The molecular formula is C13H19FN2O2. The standard InChI is InChI=1S/C13H19FN2O2/c1-4-16(8-13(18)15-3)12-6-5-10(9(2)17)7-11(12)14/h5-7,9,17H,4,8H2,1-3H3,(H,15,18)/t9-/m0/s1. The predicted molar refractivity (Wildman–Crippen MR) is 69.0 cm³/mol.